The Hall–Kier alpha value is -1.94. The van der Waals surface area contributed by atoms with Crippen LogP contribution in [0.4, 0.5) is 11.4 Å². The van der Waals surface area contributed by atoms with E-state index in [0.717, 1.165) is 31.8 Å². The van der Waals surface area contributed by atoms with Crippen molar-refractivity contribution in [3.63, 3.8) is 0 Å². The normalized spacial score (nSPS) is 11.0. The van der Waals surface area contributed by atoms with Crippen molar-refractivity contribution in [2.45, 2.75) is 0 Å². The van der Waals surface area contributed by atoms with E-state index in [9.17, 15) is 0 Å². The van der Waals surface area contributed by atoms with E-state index in [1.807, 2.05) is 36.4 Å². The van der Waals surface area contributed by atoms with Crippen molar-refractivity contribution in [3.05, 3.63) is 36.4 Å². The molecule has 0 aliphatic rings. The molecule has 0 atom stereocenters. The van der Waals surface area contributed by atoms with Crippen molar-refractivity contribution in [1.82, 2.24) is 4.98 Å². The fourth-order valence-electron chi connectivity index (χ4n) is 1.66. The van der Waals surface area contributed by atoms with Crippen molar-refractivity contribution in [1.29, 1.82) is 0 Å². The second-order valence-electron chi connectivity index (χ2n) is 3.67. The van der Waals surface area contributed by atoms with Crippen LogP contribution in [-0.2, 0) is 0 Å². The number of anilines is 2. The van der Waals surface area contributed by atoms with E-state index in [0.29, 0.717) is 0 Å². The summed E-state index contributed by atoms with van der Waals surface area (Å²) in [5, 5.41) is 0. The third-order valence-corrected chi connectivity index (χ3v) is 3.52. The van der Waals surface area contributed by atoms with Gasteiger partial charge in [0.1, 0.15) is 11.0 Å². The van der Waals surface area contributed by atoms with Gasteiger partial charge in [-0.1, -0.05) is 0 Å². The zero-order valence-corrected chi connectivity index (χ0v) is 9.29. The highest BCUT2D eigenvalue weighted by atomic mass is 32.1. The monoisotopic (exact) mass is 228 g/mol. The first-order valence-electron chi connectivity index (χ1n) is 4.91. The molecule has 4 heteroatoms. The molecule has 0 aliphatic heterocycles. The topological polar surface area (TPSA) is 64.9 Å². The van der Waals surface area contributed by atoms with E-state index in [-0.39, 0.29) is 0 Å². The SMILES string of the molecule is Nc1ccc2nc3ccc(N)cc3[s+]c2c1. The van der Waals surface area contributed by atoms with Gasteiger partial charge in [-0.2, -0.15) is 0 Å². The number of nitrogens with two attached hydrogens (primary N) is 2. The molecule has 0 spiro atoms. The zero-order chi connectivity index (χ0) is 11.1. The second-order valence-corrected chi connectivity index (χ2v) is 4.75. The molecule has 1 aromatic heterocycles. The van der Waals surface area contributed by atoms with Crippen LogP contribution in [0.1, 0.15) is 0 Å². The molecule has 0 aliphatic carbocycles. The van der Waals surface area contributed by atoms with Crippen molar-refractivity contribution < 1.29 is 0 Å². The van der Waals surface area contributed by atoms with Gasteiger partial charge in [0.2, 0.25) is 11.3 Å². The van der Waals surface area contributed by atoms with Crippen molar-refractivity contribution in [2.24, 2.45) is 0 Å². The summed E-state index contributed by atoms with van der Waals surface area (Å²) < 4.78 is 2.16. The lowest BCUT2D eigenvalue weighted by atomic mass is 10.3. The van der Waals surface area contributed by atoms with Crippen LogP contribution in [-0.4, -0.2) is 4.98 Å². The quantitative estimate of drug-likeness (QED) is 0.353. The molecule has 3 nitrogen and oxygen atoms in total. The van der Waals surface area contributed by atoms with Gasteiger partial charge >= 0.3 is 0 Å². The molecule has 0 unspecified atom stereocenters. The number of hydrogen-bond donors (Lipinski definition) is 2. The van der Waals surface area contributed by atoms with Gasteiger partial charge in [0.05, 0.1) is 0 Å². The zero-order valence-electron chi connectivity index (χ0n) is 8.47. The first-order valence-corrected chi connectivity index (χ1v) is 5.73. The van der Waals surface area contributed by atoms with Crippen molar-refractivity contribution >= 4 is 43.1 Å². The van der Waals surface area contributed by atoms with Crippen LogP contribution in [0.3, 0.4) is 0 Å². The van der Waals surface area contributed by atoms with E-state index in [1.165, 1.54) is 0 Å². The minimum atomic E-state index is 0.758. The number of nitrogens with zero attached hydrogens (tertiary/aromatic N) is 1. The van der Waals surface area contributed by atoms with Gasteiger partial charge in [-0.05, 0) is 24.3 Å². The smallest absolute Gasteiger partial charge is 0.259 e. The van der Waals surface area contributed by atoms with Crippen LogP contribution >= 0.6 is 11.3 Å². The van der Waals surface area contributed by atoms with Crippen LogP contribution in [0.2, 0.25) is 0 Å². The maximum Gasteiger partial charge on any atom is 0.259 e. The van der Waals surface area contributed by atoms with E-state index in [4.69, 9.17) is 11.5 Å². The molecule has 0 saturated heterocycles. The van der Waals surface area contributed by atoms with Gasteiger partial charge in [-0.25, -0.2) is 4.98 Å². The predicted molar refractivity (Wildman–Crippen MR) is 70.4 cm³/mol. The molecule has 0 bridgehead atoms. The first-order chi connectivity index (χ1) is 7.72. The van der Waals surface area contributed by atoms with E-state index >= 15 is 0 Å². The Morgan fingerprint density at radius 3 is 1.81 bits per heavy atom. The average Bonchev–Trinajstić information content (AvgIpc) is 2.26. The van der Waals surface area contributed by atoms with Crippen LogP contribution in [0, 0.1) is 0 Å². The lowest BCUT2D eigenvalue weighted by Gasteiger charge is -1.94. The van der Waals surface area contributed by atoms with Gasteiger partial charge in [0.25, 0.3) is 9.40 Å². The minimum absolute atomic E-state index is 0.758. The van der Waals surface area contributed by atoms with Gasteiger partial charge in [0.15, 0.2) is 0 Å². The third-order valence-electron chi connectivity index (χ3n) is 2.43. The largest absolute Gasteiger partial charge is 0.399 e. The molecule has 1 heterocycles. The lowest BCUT2D eigenvalue weighted by molar-refractivity contribution is 1.52. The summed E-state index contributed by atoms with van der Waals surface area (Å²) in [6.07, 6.45) is 0. The molecule has 4 N–H and O–H groups in total. The summed E-state index contributed by atoms with van der Waals surface area (Å²) in [6.45, 7) is 0. The number of fused-ring (bicyclic) bond motifs is 2. The molecule has 78 valence electrons. The summed E-state index contributed by atoms with van der Waals surface area (Å²) in [6, 6.07) is 11.5. The Morgan fingerprint density at radius 1 is 0.812 bits per heavy atom. The Bertz CT molecular complexity index is 637. The summed E-state index contributed by atoms with van der Waals surface area (Å²) in [7, 11) is 0. The fourth-order valence-corrected chi connectivity index (χ4v) is 2.72. The maximum atomic E-state index is 5.75. The van der Waals surface area contributed by atoms with Crippen LogP contribution < -0.4 is 11.5 Å². The first kappa shape index (κ1) is 9.30. The Balaban J connectivity index is 2.44. The molecular formula is C12H10N3S+. The van der Waals surface area contributed by atoms with E-state index in [2.05, 4.69) is 4.98 Å². The molecule has 0 radical (unpaired) electrons. The van der Waals surface area contributed by atoms with Crippen LogP contribution in [0.15, 0.2) is 36.4 Å². The number of hydrogen-bond acceptors (Lipinski definition) is 3. The third kappa shape index (κ3) is 1.44. The number of nitrogen functional groups attached to an aromatic ring is 2. The number of benzene rings is 2. The van der Waals surface area contributed by atoms with E-state index < -0.39 is 0 Å². The number of aromatic nitrogens is 1. The summed E-state index contributed by atoms with van der Waals surface area (Å²) in [5.74, 6) is 0. The molecule has 0 saturated carbocycles. The molecule has 3 rings (SSSR count). The molecule has 0 amide bonds. The molecular weight excluding hydrogens is 218 g/mol. The van der Waals surface area contributed by atoms with Crippen molar-refractivity contribution in [2.75, 3.05) is 11.5 Å². The Labute approximate surface area is 96.3 Å². The standard InChI is InChI=1S/C12H10N3S/c13-7-1-3-9-11(5-7)16-12-6-8(14)2-4-10(12)15-9/h1-6H,13-14H2/q+1. The van der Waals surface area contributed by atoms with Crippen LogP contribution in [0.5, 0.6) is 0 Å². The minimum Gasteiger partial charge on any atom is -0.399 e. The fraction of sp³-hybridized carbons (Fsp3) is 0. The second kappa shape index (κ2) is 3.28. The molecule has 0 fully saturated rings. The Kier molecular flexibility index (Phi) is 1.91. The average molecular weight is 228 g/mol. The highest BCUT2D eigenvalue weighted by molar-refractivity contribution is 7.24. The lowest BCUT2D eigenvalue weighted by Crippen LogP contribution is -1.87. The number of rotatable bonds is 0. The van der Waals surface area contributed by atoms with Gasteiger partial charge in [0, 0.05) is 23.5 Å². The molecule has 3 aromatic rings. The summed E-state index contributed by atoms with van der Waals surface area (Å²) in [5.41, 5.74) is 15.0. The van der Waals surface area contributed by atoms with Crippen LogP contribution in [0.25, 0.3) is 20.4 Å². The summed E-state index contributed by atoms with van der Waals surface area (Å²) in [4.78, 5) is 4.56. The van der Waals surface area contributed by atoms with E-state index in [1.54, 1.807) is 11.3 Å². The van der Waals surface area contributed by atoms with Crippen molar-refractivity contribution in [3.8, 4) is 0 Å². The maximum absolute atomic E-state index is 5.75. The molecule has 16 heavy (non-hydrogen) atoms. The molecule has 2 aromatic carbocycles. The highest BCUT2D eigenvalue weighted by Gasteiger charge is 2.12. The summed E-state index contributed by atoms with van der Waals surface area (Å²) >= 11 is 1.66. The van der Waals surface area contributed by atoms with Gasteiger partial charge < -0.3 is 11.5 Å². The van der Waals surface area contributed by atoms with Gasteiger partial charge in [-0.15, -0.1) is 0 Å². The Morgan fingerprint density at radius 2 is 1.31 bits per heavy atom. The highest BCUT2D eigenvalue weighted by Crippen LogP contribution is 2.28. The predicted octanol–water partition coefficient (Wildman–Crippen LogP) is 2.90. The van der Waals surface area contributed by atoms with Gasteiger partial charge in [-0.3, -0.25) is 0 Å².